The van der Waals surface area contributed by atoms with Gasteiger partial charge < -0.3 is 9.32 Å². The highest BCUT2D eigenvalue weighted by Gasteiger charge is 2.23. The van der Waals surface area contributed by atoms with Gasteiger partial charge in [0.1, 0.15) is 11.3 Å². The molecule has 2 heterocycles. The fourth-order valence-corrected chi connectivity index (χ4v) is 2.24. The number of aryl methyl sites for hydroxylation is 1. The molecule has 0 saturated carbocycles. The molecule has 0 N–H and O–H groups in total. The first kappa shape index (κ1) is 11.9. The summed E-state index contributed by atoms with van der Waals surface area (Å²) in [4.78, 5) is 25.7. The number of Topliss-reactive ketones (excluding diaryl/α,β-unsaturated/α-hetero) is 1. The van der Waals surface area contributed by atoms with Gasteiger partial charge in [-0.15, -0.1) is 0 Å². The molecule has 4 nitrogen and oxygen atoms in total. The van der Waals surface area contributed by atoms with Crippen molar-refractivity contribution in [2.24, 2.45) is 0 Å². The summed E-state index contributed by atoms with van der Waals surface area (Å²) < 4.78 is 5.03. The monoisotopic (exact) mass is 235 g/mol. The van der Waals surface area contributed by atoms with Crippen LogP contribution >= 0.6 is 0 Å². The van der Waals surface area contributed by atoms with E-state index < -0.39 is 5.63 Å². The lowest BCUT2D eigenvalue weighted by atomic mass is 10.1. The standard InChI is InChI=1S/C13H17NO3/c1-3-11(15)12-10(14-6-4-5-7-14)8-9(2)17-13(12)16/h8H,3-7H2,1-2H3. The first-order valence-electron chi connectivity index (χ1n) is 6.06. The maximum atomic E-state index is 11.8. The molecule has 0 unspecified atom stereocenters. The third kappa shape index (κ3) is 2.25. The second-order valence-corrected chi connectivity index (χ2v) is 4.38. The number of hydrogen-bond acceptors (Lipinski definition) is 4. The van der Waals surface area contributed by atoms with Crippen LogP contribution in [0.3, 0.4) is 0 Å². The summed E-state index contributed by atoms with van der Waals surface area (Å²) in [6, 6.07) is 1.80. The van der Waals surface area contributed by atoms with Gasteiger partial charge in [-0.25, -0.2) is 4.79 Å². The average Bonchev–Trinajstić information content (AvgIpc) is 2.80. The number of ketones is 1. The molecule has 2 rings (SSSR count). The summed E-state index contributed by atoms with van der Waals surface area (Å²) in [6.45, 7) is 5.32. The van der Waals surface area contributed by atoms with E-state index in [4.69, 9.17) is 4.42 Å². The summed E-state index contributed by atoms with van der Waals surface area (Å²) in [6.07, 6.45) is 2.55. The van der Waals surface area contributed by atoms with Gasteiger partial charge in [0.25, 0.3) is 0 Å². The van der Waals surface area contributed by atoms with E-state index >= 15 is 0 Å². The average molecular weight is 235 g/mol. The highest BCUT2D eigenvalue weighted by Crippen LogP contribution is 2.24. The van der Waals surface area contributed by atoms with Gasteiger partial charge in [-0.2, -0.15) is 0 Å². The molecule has 1 aromatic heterocycles. The van der Waals surface area contributed by atoms with Gasteiger partial charge in [0.2, 0.25) is 0 Å². The van der Waals surface area contributed by atoms with Crippen LogP contribution < -0.4 is 10.5 Å². The van der Waals surface area contributed by atoms with Crippen LogP contribution in [0.25, 0.3) is 0 Å². The molecule has 92 valence electrons. The zero-order valence-electron chi connectivity index (χ0n) is 10.3. The predicted octanol–water partition coefficient (Wildman–Crippen LogP) is 2.14. The summed E-state index contributed by atoms with van der Waals surface area (Å²) in [5.74, 6) is 0.421. The first-order valence-corrected chi connectivity index (χ1v) is 6.06. The van der Waals surface area contributed by atoms with Crippen molar-refractivity contribution < 1.29 is 9.21 Å². The highest BCUT2D eigenvalue weighted by molar-refractivity contribution is 6.00. The molecule has 0 bridgehead atoms. The van der Waals surface area contributed by atoms with Crippen LogP contribution in [-0.4, -0.2) is 18.9 Å². The lowest BCUT2D eigenvalue weighted by molar-refractivity contribution is 0.0984. The minimum absolute atomic E-state index is 0.138. The Kier molecular flexibility index (Phi) is 3.31. The van der Waals surface area contributed by atoms with Crippen LogP contribution in [0.15, 0.2) is 15.3 Å². The third-order valence-electron chi connectivity index (χ3n) is 3.10. The Morgan fingerprint density at radius 2 is 2.06 bits per heavy atom. The van der Waals surface area contributed by atoms with E-state index in [0.29, 0.717) is 12.2 Å². The van der Waals surface area contributed by atoms with E-state index in [1.165, 1.54) is 0 Å². The van der Waals surface area contributed by atoms with Crippen molar-refractivity contribution in [3.8, 4) is 0 Å². The van der Waals surface area contributed by atoms with Crippen molar-refractivity contribution in [3.05, 3.63) is 27.8 Å². The van der Waals surface area contributed by atoms with Crippen LogP contribution in [0.1, 0.15) is 42.3 Å². The lowest BCUT2D eigenvalue weighted by Crippen LogP contribution is -2.25. The summed E-state index contributed by atoms with van der Waals surface area (Å²) in [5, 5.41) is 0. The van der Waals surface area contributed by atoms with Gasteiger partial charge in [0.15, 0.2) is 5.78 Å². The zero-order chi connectivity index (χ0) is 12.4. The van der Waals surface area contributed by atoms with Gasteiger partial charge in [-0.1, -0.05) is 6.92 Å². The van der Waals surface area contributed by atoms with Gasteiger partial charge in [0, 0.05) is 25.6 Å². The van der Waals surface area contributed by atoms with Crippen molar-refractivity contribution >= 4 is 11.5 Å². The normalized spacial score (nSPS) is 15.3. The Balaban J connectivity index is 2.54. The van der Waals surface area contributed by atoms with E-state index in [0.717, 1.165) is 31.6 Å². The molecule has 0 radical (unpaired) electrons. The van der Waals surface area contributed by atoms with Gasteiger partial charge in [-0.05, 0) is 19.8 Å². The van der Waals surface area contributed by atoms with Gasteiger partial charge in [0.05, 0.1) is 5.69 Å². The number of nitrogens with zero attached hydrogens (tertiary/aromatic N) is 1. The molecule has 1 fully saturated rings. The number of carbonyl (C=O) groups excluding carboxylic acids is 1. The number of hydrogen-bond donors (Lipinski definition) is 0. The maximum absolute atomic E-state index is 11.8. The van der Waals surface area contributed by atoms with Crippen LogP contribution in [0.5, 0.6) is 0 Å². The molecule has 4 heteroatoms. The van der Waals surface area contributed by atoms with Crippen LogP contribution in [0.4, 0.5) is 5.69 Å². The molecule has 1 aromatic rings. The molecule has 0 aromatic carbocycles. The summed E-state index contributed by atoms with van der Waals surface area (Å²) in [7, 11) is 0. The van der Waals surface area contributed by atoms with Crippen LogP contribution in [-0.2, 0) is 0 Å². The fourth-order valence-electron chi connectivity index (χ4n) is 2.24. The van der Waals surface area contributed by atoms with Crippen molar-refractivity contribution in [3.63, 3.8) is 0 Å². The Morgan fingerprint density at radius 1 is 1.41 bits per heavy atom. The van der Waals surface area contributed by atoms with Crippen molar-refractivity contribution in [1.82, 2.24) is 0 Å². The van der Waals surface area contributed by atoms with E-state index in [1.54, 1.807) is 19.9 Å². The number of carbonyl (C=O) groups is 1. The molecular formula is C13H17NO3. The van der Waals surface area contributed by atoms with E-state index in [-0.39, 0.29) is 11.3 Å². The second kappa shape index (κ2) is 4.73. The molecule has 1 aliphatic heterocycles. The molecule has 0 atom stereocenters. The molecule has 1 aliphatic rings. The molecule has 0 aliphatic carbocycles. The second-order valence-electron chi connectivity index (χ2n) is 4.38. The lowest BCUT2D eigenvalue weighted by Gasteiger charge is -2.20. The Hall–Kier alpha value is -1.58. The van der Waals surface area contributed by atoms with Crippen LogP contribution in [0, 0.1) is 6.92 Å². The maximum Gasteiger partial charge on any atom is 0.348 e. The summed E-state index contributed by atoms with van der Waals surface area (Å²) >= 11 is 0. The van der Waals surface area contributed by atoms with Gasteiger partial charge >= 0.3 is 5.63 Å². The zero-order valence-corrected chi connectivity index (χ0v) is 10.3. The van der Waals surface area contributed by atoms with Crippen LogP contribution in [0.2, 0.25) is 0 Å². The number of anilines is 1. The Bertz CT molecular complexity index is 484. The smallest absolute Gasteiger partial charge is 0.348 e. The fraction of sp³-hybridized carbons (Fsp3) is 0.538. The van der Waals surface area contributed by atoms with E-state index in [1.807, 2.05) is 0 Å². The van der Waals surface area contributed by atoms with E-state index in [2.05, 4.69) is 4.90 Å². The quantitative estimate of drug-likeness (QED) is 0.753. The van der Waals surface area contributed by atoms with Gasteiger partial charge in [-0.3, -0.25) is 4.79 Å². The van der Waals surface area contributed by atoms with Crippen molar-refractivity contribution in [2.45, 2.75) is 33.1 Å². The van der Waals surface area contributed by atoms with E-state index in [9.17, 15) is 9.59 Å². The largest absolute Gasteiger partial charge is 0.428 e. The molecular weight excluding hydrogens is 218 g/mol. The minimum Gasteiger partial charge on any atom is -0.428 e. The summed E-state index contributed by atoms with van der Waals surface area (Å²) in [5.41, 5.74) is 0.474. The molecule has 17 heavy (non-hydrogen) atoms. The predicted molar refractivity (Wildman–Crippen MR) is 65.8 cm³/mol. The SMILES string of the molecule is CCC(=O)c1c(N2CCCC2)cc(C)oc1=O. The Morgan fingerprint density at radius 3 is 2.65 bits per heavy atom. The Labute approximate surface area is 100 Å². The topological polar surface area (TPSA) is 50.5 Å². The first-order chi connectivity index (χ1) is 8.13. The van der Waals surface area contributed by atoms with Crippen molar-refractivity contribution in [1.29, 1.82) is 0 Å². The molecule has 0 amide bonds. The number of rotatable bonds is 3. The molecule has 1 saturated heterocycles. The third-order valence-corrected chi connectivity index (χ3v) is 3.10. The van der Waals surface area contributed by atoms with Crippen molar-refractivity contribution in [2.75, 3.05) is 18.0 Å². The molecule has 0 spiro atoms. The highest BCUT2D eigenvalue weighted by atomic mass is 16.4. The minimum atomic E-state index is -0.501.